The van der Waals surface area contributed by atoms with E-state index in [-0.39, 0.29) is 30.7 Å². The average molecular weight is 528 g/mol. The summed E-state index contributed by atoms with van der Waals surface area (Å²) in [6.07, 6.45) is -0.393. The number of aromatic nitrogens is 1. The standard InChI is InChI=1S/C27H33N3O6S/c1-18(2)26(32)30-12-13-37(34,35)27(17-30,15-25(31)29-33)21-8-10-22(11-9-21)36-16-20-14-19(3)28-24-7-5-4-6-23(20)24/h4-11,14,18,33-35H,12-13,15-17H2,1-3H3,(H,29,31). The van der Waals surface area contributed by atoms with Crippen LogP contribution >= 0.6 is 10.6 Å². The monoisotopic (exact) mass is 527 g/mol. The number of hydroxylamine groups is 1. The number of fused-ring (bicyclic) bond motifs is 1. The van der Waals surface area contributed by atoms with E-state index in [0.717, 1.165) is 22.2 Å². The van der Waals surface area contributed by atoms with Crippen molar-refractivity contribution in [1.29, 1.82) is 0 Å². The van der Waals surface area contributed by atoms with Gasteiger partial charge in [-0.25, -0.2) is 5.48 Å². The molecule has 1 atom stereocenters. The molecule has 37 heavy (non-hydrogen) atoms. The number of nitrogens with one attached hydrogen (secondary N) is 1. The molecule has 4 N–H and O–H groups in total. The molecule has 1 aliphatic rings. The Hall–Kier alpha value is -3.18. The predicted molar refractivity (Wildman–Crippen MR) is 143 cm³/mol. The summed E-state index contributed by atoms with van der Waals surface area (Å²) < 4.78 is 26.9. The van der Waals surface area contributed by atoms with Crippen molar-refractivity contribution in [2.45, 2.75) is 38.5 Å². The summed E-state index contributed by atoms with van der Waals surface area (Å²) in [5, 5.41) is 10.2. The first kappa shape index (κ1) is 26.9. The third-order valence-corrected chi connectivity index (χ3v) is 9.31. The van der Waals surface area contributed by atoms with E-state index in [1.54, 1.807) is 48.5 Å². The number of para-hydroxylation sites is 1. The zero-order valence-electron chi connectivity index (χ0n) is 21.2. The van der Waals surface area contributed by atoms with Gasteiger partial charge < -0.3 is 9.64 Å². The molecule has 10 heteroatoms. The van der Waals surface area contributed by atoms with Crippen molar-refractivity contribution < 1.29 is 28.6 Å². The highest BCUT2D eigenvalue weighted by Gasteiger charge is 2.51. The van der Waals surface area contributed by atoms with E-state index in [1.807, 2.05) is 37.3 Å². The van der Waals surface area contributed by atoms with Crippen molar-refractivity contribution in [3.8, 4) is 5.75 Å². The van der Waals surface area contributed by atoms with Gasteiger partial charge in [-0.3, -0.25) is 28.9 Å². The Morgan fingerprint density at radius 1 is 1.16 bits per heavy atom. The number of rotatable bonds is 7. The number of hydrogen-bond donors (Lipinski definition) is 4. The fourth-order valence-corrected chi connectivity index (χ4v) is 6.96. The Labute approximate surface area is 217 Å². The van der Waals surface area contributed by atoms with Crippen LogP contribution in [0, 0.1) is 12.8 Å². The topological polar surface area (TPSA) is 132 Å². The third kappa shape index (κ3) is 5.42. The second-order valence-electron chi connectivity index (χ2n) is 9.74. The average Bonchev–Trinajstić information content (AvgIpc) is 2.88. The number of ether oxygens (including phenoxy) is 1. The molecule has 1 unspecified atom stereocenters. The maximum absolute atomic E-state index is 12.8. The lowest BCUT2D eigenvalue weighted by molar-refractivity contribution is -0.136. The number of amides is 2. The molecule has 2 aromatic carbocycles. The second-order valence-corrected chi connectivity index (χ2v) is 12.3. The highest BCUT2D eigenvalue weighted by Crippen LogP contribution is 2.62. The van der Waals surface area contributed by atoms with Crippen molar-refractivity contribution >= 4 is 33.3 Å². The van der Waals surface area contributed by atoms with Gasteiger partial charge >= 0.3 is 0 Å². The lowest BCUT2D eigenvalue weighted by Crippen LogP contribution is -2.55. The van der Waals surface area contributed by atoms with Gasteiger partial charge in [0.2, 0.25) is 11.8 Å². The SMILES string of the molecule is Cc1cc(COc2ccc(C3(CC(=O)NO)CN(C(=O)C(C)C)CCS3(O)O)cc2)c2ccccc2n1. The number of pyridine rings is 1. The number of hydrogen-bond acceptors (Lipinski definition) is 7. The van der Waals surface area contributed by atoms with Crippen LogP contribution < -0.4 is 10.2 Å². The molecule has 2 amide bonds. The van der Waals surface area contributed by atoms with Crippen LogP contribution in [0.4, 0.5) is 0 Å². The molecule has 0 saturated carbocycles. The minimum atomic E-state index is -3.35. The molecule has 4 rings (SSSR count). The zero-order chi connectivity index (χ0) is 26.8. The summed E-state index contributed by atoms with van der Waals surface area (Å²) in [5.41, 5.74) is 4.85. The predicted octanol–water partition coefficient (Wildman–Crippen LogP) is 4.46. The summed E-state index contributed by atoms with van der Waals surface area (Å²) in [6.45, 7) is 5.92. The van der Waals surface area contributed by atoms with Gasteiger partial charge in [0.1, 0.15) is 17.1 Å². The van der Waals surface area contributed by atoms with Crippen molar-refractivity contribution in [3.63, 3.8) is 0 Å². The summed E-state index contributed by atoms with van der Waals surface area (Å²) in [7, 11) is -3.35. The smallest absolute Gasteiger partial charge is 0.245 e. The highest BCUT2D eigenvalue weighted by molar-refractivity contribution is 8.25. The summed E-state index contributed by atoms with van der Waals surface area (Å²) in [5.74, 6) is -0.682. The van der Waals surface area contributed by atoms with E-state index >= 15 is 0 Å². The van der Waals surface area contributed by atoms with E-state index in [1.165, 1.54) is 0 Å². The van der Waals surface area contributed by atoms with E-state index in [0.29, 0.717) is 17.9 Å². The third-order valence-electron chi connectivity index (χ3n) is 6.80. The molecule has 9 nitrogen and oxygen atoms in total. The van der Waals surface area contributed by atoms with E-state index in [4.69, 9.17) is 4.74 Å². The summed E-state index contributed by atoms with van der Waals surface area (Å²) in [6, 6.07) is 16.6. The Kier molecular flexibility index (Phi) is 7.75. The maximum atomic E-state index is 12.8. The van der Waals surface area contributed by atoms with Crippen molar-refractivity contribution in [2.75, 3.05) is 18.8 Å². The highest BCUT2D eigenvalue weighted by atomic mass is 32.3. The number of nitrogens with zero attached hydrogens (tertiary/aromatic N) is 2. The first-order chi connectivity index (χ1) is 17.6. The Morgan fingerprint density at radius 2 is 1.86 bits per heavy atom. The van der Waals surface area contributed by atoms with Crippen molar-refractivity contribution in [1.82, 2.24) is 15.4 Å². The van der Waals surface area contributed by atoms with Crippen LogP contribution in [0.3, 0.4) is 0 Å². The largest absolute Gasteiger partial charge is 0.489 e. The van der Waals surface area contributed by atoms with Crippen LogP contribution in [-0.4, -0.2) is 54.9 Å². The van der Waals surface area contributed by atoms with Crippen LogP contribution in [0.2, 0.25) is 0 Å². The second kappa shape index (κ2) is 10.7. The quantitative estimate of drug-likeness (QED) is 0.263. The number of carbonyl (C=O) groups excluding carboxylic acids is 2. The van der Waals surface area contributed by atoms with Crippen molar-refractivity contribution in [2.24, 2.45) is 5.92 Å². The zero-order valence-corrected chi connectivity index (χ0v) is 22.0. The molecular formula is C27H33N3O6S. The Bertz CT molecular complexity index is 1300. The maximum Gasteiger partial charge on any atom is 0.245 e. The molecular weight excluding hydrogens is 494 g/mol. The molecule has 0 spiro atoms. The fourth-order valence-electron chi connectivity index (χ4n) is 4.86. The molecule has 1 aliphatic heterocycles. The normalized spacial score (nSPS) is 20.0. The van der Waals surface area contributed by atoms with Crippen LogP contribution in [0.1, 0.15) is 37.1 Å². The minimum absolute atomic E-state index is 0.0533. The van der Waals surface area contributed by atoms with Crippen LogP contribution in [-0.2, 0) is 20.9 Å². The lowest BCUT2D eigenvalue weighted by Gasteiger charge is -2.56. The van der Waals surface area contributed by atoms with Crippen LogP contribution in [0.5, 0.6) is 5.75 Å². The Morgan fingerprint density at radius 3 is 2.54 bits per heavy atom. The molecule has 1 fully saturated rings. The van der Waals surface area contributed by atoms with E-state index in [9.17, 15) is 23.9 Å². The molecule has 0 bridgehead atoms. The summed E-state index contributed by atoms with van der Waals surface area (Å²) >= 11 is 0. The molecule has 3 aromatic rings. The van der Waals surface area contributed by atoms with Gasteiger partial charge in [-0.2, -0.15) is 10.6 Å². The number of benzene rings is 2. The van der Waals surface area contributed by atoms with Gasteiger partial charge in [-0.1, -0.05) is 44.2 Å². The fraction of sp³-hybridized carbons (Fsp3) is 0.370. The van der Waals surface area contributed by atoms with Gasteiger partial charge in [0, 0.05) is 35.7 Å². The minimum Gasteiger partial charge on any atom is -0.489 e. The van der Waals surface area contributed by atoms with Crippen LogP contribution in [0.15, 0.2) is 54.6 Å². The molecule has 0 aliphatic carbocycles. The van der Waals surface area contributed by atoms with E-state index < -0.39 is 27.7 Å². The molecule has 198 valence electrons. The van der Waals surface area contributed by atoms with Gasteiger partial charge in [0.15, 0.2) is 0 Å². The molecule has 1 saturated heterocycles. The molecule has 2 heterocycles. The van der Waals surface area contributed by atoms with Gasteiger partial charge in [-0.15, -0.1) is 0 Å². The van der Waals surface area contributed by atoms with Crippen molar-refractivity contribution in [3.05, 3.63) is 71.4 Å². The molecule has 1 aromatic heterocycles. The lowest BCUT2D eigenvalue weighted by atomic mass is 9.92. The summed E-state index contributed by atoms with van der Waals surface area (Å²) in [4.78, 5) is 31.2. The Balaban J connectivity index is 1.63. The van der Waals surface area contributed by atoms with Gasteiger partial charge in [0.05, 0.1) is 17.7 Å². The first-order valence-electron chi connectivity index (χ1n) is 12.1. The first-order valence-corrected chi connectivity index (χ1v) is 13.8. The molecule has 0 radical (unpaired) electrons. The van der Waals surface area contributed by atoms with Gasteiger partial charge in [-0.05, 0) is 36.8 Å². The van der Waals surface area contributed by atoms with Gasteiger partial charge in [0.25, 0.3) is 0 Å². The number of carbonyl (C=O) groups is 2. The number of aryl methyl sites for hydroxylation is 1. The van der Waals surface area contributed by atoms with Crippen LogP contribution in [0.25, 0.3) is 10.9 Å². The van der Waals surface area contributed by atoms with E-state index in [2.05, 4.69) is 4.98 Å².